The molecule has 0 saturated carbocycles. The van der Waals surface area contributed by atoms with E-state index in [0.717, 1.165) is 22.3 Å². The van der Waals surface area contributed by atoms with Crippen LogP contribution in [0.1, 0.15) is 26.3 Å². The van der Waals surface area contributed by atoms with Crippen molar-refractivity contribution in [3.8, 4) is 17.3 Å². The average molecular weight is 348 g/mol. The van der Waals surface area contributed by atoms with Crippen LogP contribution in [0.4, 0.5) is 0 Å². The maximum Gasteiger partial charge on any atom is 0.233 e. The van der Waals surface area contributed by atoms with Crippen LogP contribution in [0.25, 0.3) is 16.7 Å². The largest absolute Gasteiger partial charge is 0.438 e. The second-order valence-corrected chi connectivity index (χ2v) is 7.20. The highest BCUT2D eigenvalue weighted by Gasteiger charge is 2.20. The standard InChI is InChI=1S/C19H20N6O/c1-13-9-22-24(11-13)14-5-7-15(8-6-14)26-18-16-10-23-25(19(2,3)4)17(16)20-12-21-18/h5-12H,1-4H3. The number of hydrogen-bond donors (Lipinski definition) is 0. The summed E-state index contributed by atoms with van der Waals surface area (Å²) in [5.41, 5.74) is 2.67. The van der Waals surface area contributed by atoms with Gasteiger partial charge in [0.25, 0.3) is 0 Å². The molecule has 0 radical (unpaired) electrons. The Balaban J connectivity index is 1.64. The van der Waals surface area contributed by atoms with E-state index in [2.05, 4.69) is 40.9 Å². The van der Waals surface area contributed by atoms with Crippen molar-refractivity contribution in [2.75, 3.05) is 0 Å². The second-order valence-electron chi connectivity index (χ2n) is 7.20. The zero-order chi connectivity index (χ0) is 18.3. The van der Waals surface area contributed by atoms with Crippen molar-refractivity contribution in [2.45, 2.75) is 33.2 Å². The van der Waals surface area contributed by atoms with Gasteiger partial charge in [-0.15, -0.1) is 0 Å². The van der Waals surface area contributed by atoms with Gasteiger partial charge in [-0.25, -0.2) is 19.3 Å². The summed E-state index contributed by atoms with van der Waals surface area (Å²) in [6.07, 6.45) is 7.05. The lowest BCUT2D eigenvalue weighted by atomic mass is 10.1. The van der Waals surface area contributed by atoms with Crippen LogP contribution < -0.4 is 4.74 Å². The predicted molar refractivity (Wildman–Crippen MR) is 98.7 cm³/mol. The molecular formula is C19H20N6O. The van der Waals surface area contributed by atoms with Gasteiger partial charge in [0.2, 0.25) is 5.88 Å². The summed E-state index contributed by atoms with van der Waals surface area (Å²) < 4.78 is 9.68. The molecule has 3 heterocycles. The molecule has 4 rings (SSSR count). The average Bonchev–Trinajstić information content (AvgIpc) is 3.22. The monoisotopic (exact) mass is 348 g/mol. The van der Waals surface area contributed by atoms with E-state index in [-0.39, 0.29) is 5.54 Å². The van der Waals surface area contributed by atoms with Crippen LogP contribution in [0.2, 0.25) is 0 Å². The van der Waals surface area contributed by atoms with Gasteiger partial charge in [-0.05, 0) is 57.5 Å². The maximum absolute atomic E-state index is 5.98. The quantitative estimate of drug-likeness (QED) is 0.562. The fourth-order valence-electron chi connectivity index (χ4n) is 2.73. The molecule has 3 aromatic heterocycles. The molecule has 0 N–H and O–H groups in total. The number of fused-ring (bicyclic) bond motifs is 1. The summed E-state index contributed by atoms with van der Waals surface area (Å²) in [4.78, 5) is 8.64. The first-order chi connectivity index (χ1) is 12.4. The van der Waals surface area contributed by atoms with Crippen molar-refractivity contribution in [2.24, 2.45) is 0 Å². The van der Waals surface area contributed by atoms with Gasteiger partial charge in [-0.1, -0.05) is 0 Å². The normalized spacial score (nSPS) is 11.8. The highest BCUT2D eigenvalue weighted by Crippen LogP contribution is 2.29. The molecule has 0 bridgehead atoms. The predicted octanol–water partition coefficient (Wildman–Crippen LogP) is 3.87. The van der Waals surface area contributed by atoms with Gasteiger partial charge in [0.15, 0.2) is 5.65 Å². The van der Waals surface area contributed by atoms with Crippen LogP contribution in [0, 0.1) is 6.92 Å². The van der Waals surface area contributed by atoms with Gasteiger partial charge in [-0.3, -0.25) is 0 Å². The van der Waals surface area contributed by atoms with E-state index in [1.165, 1.54) is 6.33 Å². The topological polar surface area (TPSA) is 70.7 Å². The Morgan fingerprint density at radius 2 is 1.73 bits per heavy atom. The highest BCUT2D eigenvalue weighted by atomic mass is 16.5. The molecule has 0 spiro atoms. The lowest BCUT2D eigenvalue weighted by molar-refractivity contribution is 0.365. The number of hydrogen-bond acceptors (Lipinski definition) is 5. The van der Waals surface area contributed by atoms with Gasteiger partial charge in [0.1, 0.15) is 17.5 Å². The van der Waals surface area contributed by atoms with E-state index in [4.69, 9.17) is 4.74 Å². The van der Waals surface area contributed by atoms with E-state index in [1.807, 2.05) is 52.9 Å². The van der Waals surface area contributed by atoms with Crippen molar-refractivity contribution in [1.29, 1.82) is 0 Å². The van der Waals surface area contributed by atoms with Crippen molar-refractivity contribution in [3.63, 3.8) is 0 Å². The molecule has 0 saturated heterocycles. The van der Waals surface area contributed by atoms with Crippen molar-refractivity contribution >= 4 is 11.0 Å². The Bertz CT molecular complexity index is 1060. The molecule has 132 valence electrons. The molecule has 7 heteroatoms. The number of nitrogens with zero attached hydrogens (tertiary/aromatic N) is 6. The second kappa shape index (κ2) is 5.94. The van der Waals surface area contributed by atoms with Crippen LogP contribution in [0.15, 0.2) is 49.2 Å². The van der Waals surface area contributed by atoms with Crippen LogP contribution in [-0.4, -0.2) is 29.5 Å². The molecule has 0 unspecified atom stereocenters. The molecule has 26 heavy (non-hydrogen) atoms. The summed E-state index contributed by atoms with van der Waals surface area (Å²) in [6.45, 7) is 8.26. The zero-order valence-corrected chi connectivity index (χ0v) is 15.2. The molecular weight excluding hydrogens is 328 g/mol. The van der Waals surface area contributed by atoms with E-state index in [1.54, 1.807) is 6.20 Å². The summed E-state index contributed by atoms with van der Waals surface area (Å²) in [5.74, 6) is 1.19. The summed E-state index contributed by atoms with van der Waals surface area (Å²) in [6, 6.07) is 7.71. The van der Waals surface area contributed by atoms with Gasteiger partial charge >= 0.3 is 0 Å². The fourth-order valence-corrected chi connectivity index (χ4v) is 2.73. The molecule has 1 aromatic carbocycles. The molecule has 7 nitrogen and oxygen atoms in total. The van der Waals surface area contributed by atoms with E-state index in [9.17, 15) is 0 Å². The van der Waals surface area contributed by atoms with Gasteiger partial charge in [-0.2, -0.15) is 10.2 Å². The Hall–Kier alpha value is -3.22. The lowest BCUT2D eigenvalue weighted by Crippen LogP contribution is -2.23. The van der Waals surface area contributed by atoms with Crippen molar-refractivity contribution in [3.05, 3.63) is 54.7 Å². The van der Waals surface area contributed by atoms with Crippen molar-refractivity contribution < 1.29 is 4.74 Å². The van der Waals surface area contributed by atoms with Crippen LogP contribution in [-0.2, 0) is 5.54 Å². The summed E-state index contributed by atoms with van der Waals surface area (Å²) in [5, 5.41) is 9.54. The van der Waals surface area contributed by atoms with Gasteiger partial charge in [0, 0.05) is 6.20 Å². The third kappa shape index (κ3) is 2.92. The third-order valence-electron chi connectivity index (χ3n) is 3.99. The summed E-state index contributed by atoms with van der Waals surface area (Å²) >= 11 is 0. The Morgan fingerprint density at radius 1 is 0.962 bits per heavy atom. The number of aromatic nitrogens is 6. The lowest BCUT2D eigenvalue weighted by Gasteiger charge is -2.19. The Kier molecular flexibility index (Phi) is 3.72. The molecule has 0 amide bonds. The Labute approximate surface area is 151 Å². The maximum atomic E-state index is 5.98. The molecule has 0 aliphatic rings. The first-order valence-corrected chi connectivity index (χ1v) is 8.40. The minimum absolute atomic E-state index is 0.170. The molecule has 0 fully saturated rings. The van der Waals surface area contributed by atoms with Gasteiger partial charge in [0.05, 0.1) is 23.6 Å². The number of benzene rings is 1. The van der Waals surface area contributed by atoms with Gasteiger partial charge < -0.3 is 4.74 Å². The fraction of sp³-hybridized carbons (Fsp3) is 0.263. The van der Waals surface area contributed by atoms with Crippen LogP contribution in [0.5, 0.6) is 11.6 Å². The Morgan fingerprint density at radius 3 is 2.38 bits per heavy atom. The zero-order valence-electron chi connectivity index (χ0n) is 15.2. The van der Waals surface area contributed by atoms with E-state index in [0.29, 0.717) is 11.6 Å². The minimum Gasteiger partial charge on any atom is -0.438 e. The third-order valence-corrected chi connectivity index (χ3v) is 3.99. The number of ether oxygens (including phenoxy) is 1. The number of rotatable bonds is 3. The molecule has 0 aliphatic heterocycles. The van der Waals surface area contributed by atoms with Crippen LogP contribution >= 0.6 is 0 Å². The van der Waals surface area contributed by atoms with Crippen LogP contribution in [0.3, 0.4) is 0 Å². The highest BCUT2D eigenvalue weighted by molar-refractivity contribution is 5.80. The van der Waals surface area contributed by atoms with E-state index >= 15 is 0 Å². The first kappa shape index (κ1) is 16.3. The molecule has 4 aromatic rings. The smallest absolute Gasteiger partial charge is 0.233 e. The van der Waals surface area contributed by atoms with Crippen molar-refractivity contribution in [1.82, 2.24) is 29.5 Å². The van der Waals surface area contributed by atoms with E-state index < -0.39 is 0 Å². The first-order valence-electron chi connectivity index (χ1n) is 8.40. The number of aryl methyl sites for hydroxylation is 1. The molecule has 0 atom stereocenters. The SMILES string of the molecule is Cc1cnn(-c2ccc(Oc3ncnc4c3cnn4C(C)(C)C)cc2)c1. The molecule has 0 aliphatic carbocycles. The minimum atomic E-state index is -0.170. The summed E-state index contributed by atoms with van der Waals surface area (Å²) in [7, 11) is 0.